The van der Waals surface area contributed by atoms with Gasteiger partial charge in [-0.15, -0.1) is 0 Å². The molecule has 0 saturated heterocycles. The van der Waals surface area contributed by atoms with Gasteiger partial charge in [0, 0.05) is 7.05 Å². The maximum atomic E-state index is 11.2. The lowest BCUT2D eigenvalue weighted by molar-refractivity contribution is 0.0293. The van der Waals surface area contributed by atoms with Crippen LogP contribution in [0.1, 0.15) is 20.8 Å². The molecule has 0 aromatic carbocycles. The van der Waals surface area contributed by atoms with Crippen molar-refractivity contribution < 1.29 is 19.1 Å². The van der Waals surface area contributed by atoms with Gasteiger partial charge in [-0.05, 0) is 20.8 Å². The van der Waals surface area contributed by atoms with E-state index in [-0.39, 0.29) is 0 Å². The molecule has 0 spiro atoms. The molecule has 0 N–H and O–H groups in total. The topological polar surface area (TPSA) is 55.8 Å². The Bertz CT molecular complexity index is 207. The first-order valence-electron chi connectivity index (χ1n) is 3.82. The third-order valence-corrected chi connectivity index (χ3v) is 1.12. The van der Waals surface area contributed by atoms with Crippen LogP contribution >= 0.6 is 0 Å². The number of imide groups is 1. The second-order valence-corrected chi connectivity index (χ2v) is 3.51. The number of ether oxygens (including phenoxy) is 2. The summed E-state index contributed by atoms with van der Waals surface area (Å²) < 4.78 is 9.24. The van der Waals surface area contributed by atoms with Gasteiger partial charge in [-0.2, -0.15) is 0 Å². The van der Waals surface area contributed by atoms with Gasteiger partial charge in [-0.3, -0.25) is 0 Å². The molecule has 0 bridgehead atoms. The minimum atomic E-state index is -0.741. The fraction of sp³-hybridized carbons (Fsp3) is 0.750. The van der Waals surface area contributed by atoms with Crippen molar-refractivity contribution in [3.8, 4) is 0 Å². The van der Waals surface area contributed by atoms with Gasteiger partial charge in [-0.1, -0.05) is 0 Å². The van der Waals surface area contributed by atoms with Crippen molar-refractivity contribution in [2.75, 3.05) is 14.2 Å². The second-order valence-electron chi connectivity index (χ2n) is 3.51. The molecular weight excluding hydrogens is 174 g/mol. The van der Waals surface area contributed by atoms with Crippen molar-refractivity contribution in [2.24, 2.45) is 0 Å². The van der Waals surface area contributed by atoms with Crippen LogP contribution in [0.4, 0.5) is 9.59 Å². The predicted octanol–water partition coefficient (Wildman–Crippen LogP) is 1.62. The highest BCUT2D eigenvalue weighted by molar-refractivity contribution is 5.87. The Kier molecular flexibility index (Phi) is 3.71. The van der Waals surface area contributed by atoms with E-state index in [0.717, 1.165) is 4.90 Å². The summed E-state index contributed by atoms with van der Waals surface area (Å²) in [5.74, 6) is 0. The van der Waals surface area contributed by atoms with Crippen LogP contribution in [0.25, 0.3) is 0 Å². The fourth-order valence-electron chi connectivity index (χ4n) is 0.542. The fourth-order valence-corrected chi connectivity index (χ4v) is 0.542. The molecule has 5 heteroatoms. The van der Waals surface area contributed by atoms with E-state index in [4.69, 9.17) is 4.74 Å². The van der Waals surface area contributed by atoms with Crippen LogP contribution in [0.5, 0.6) is 0 Å². The van der Waals surface area contributed by atoms with Crippen LogP contribution < -0.4 is 0 Å². The van der Waals surface area contributed by atoms with Gasteiger partial charge in [-0.25, -0.2) is 14.5 Å². The van der Waals surface area contributed by atoms with Crippen molar-refractivity contribution in [1.29, 1.82) is 0 Å². The highest BCUT2D eigenvalue weighted by Crippen LogP contribution is 2.09. The Morgan fingerprint density at radius 2 is 1.62 bits per heavy atom. The van der Waals surface area contributed by atoms with Gasteiger partial charge in [0.15, 0.2) is 0 Å². The molecule has 2 amide bonds. The van der Waals surface area contributed by atoms with E-state index in [9.17, 15) is 9.59 Å². The summed E-state index contributed by atoms with van der Waals surface area (Å²) in [5, 5.41) is 0. The lowest BCUT2D eigenvalue weighted by Gasteiger charge is -2.22. The summed E-state index contributed by atoms with van der Waals surface area (Å²) in [4.78, 5) is 22.8. The van der Waals surface area contributed by atoms with Crippen LogP contribution in [0.3, 0.4) is 0 Å². The molecular formula is C8H15NO4. The number of carbonyl (C=O) groups excluding carboxylic acids is 2. The molecule has 0 aliphatic rings. The molecule has 76 valence electrons. The third-order valence-electron chi connectivity index (χ3n) is 1.12. The molecule has 13 heavy (non-hydrogen) atoms. The molecule has 0 rings (SSSR count). The molecule has 0 aliphatic carbocycles. The average Bonchev–Trinajstić information content (AvgIpc) is 1.98. The first-order valence-corrected chi connectivity index (χ1v) is 3.82. The SMILES string of the molecule is COC(=O)N(C)C(=O)OC(C)(C)C. The normalized spacial score (nSPS) is 10.5. The number of nitrogens with zero attached hydrogens (tertiary/aromatic N) is 1. The molecule has 0 fully saturated rings. The van der Waals surface area contributed by atoms with Crippen molar-refractivity contribution >= 4 is 12.2 Å². The van der Waals surface area contributed by atoms with Crippen LogP contribution in [0.2, 0.25) is 0 Å². The molecule has 0 unspecified atom stereocenters. The van der Waals surface area contributed by atoms with E-state index in [2.05, 4.69) is 4.74 Å². The first-order chi connectivity index (χ1) is 5.78. The first kappa shape index (κ1) is 11.7. The summed E-state index contributed by atoms with van der Waals surface area (Å²) in [6.07, 6.45) is -1.46. The van der Waals surface area contributed by atoms with E-state index in [0.29, 0.717) is 0 Å². The molecule has 0 aromatic heterocycles. The standard InChI is InChI=1S/C8H15NO4/c1-8(2,3)13-7(11)9(4)6(10)12-5/h1-5H3. The summed E-state index contributed by atoms with van der Waals surface area (Å²) in [6.45, 7) is 5.15. The lowest BCUT2D eigenvalue weighted by atomic mass is 10.2. The maximum Gasteiger partial charge on any atom is 0.419 e. The van der Waals surface area contributed by atoms with Gasteiger partial charge in [0.05, 0.1) is 7.11 Å². The van der Waals surface area contributed by atoms with Crippen molar-refractivity contribution in [3.63, 3.8) is 0 Å². The zero-order valence-corrected chi connectivity index (χ0v) is 8.58. The molecule has 0 saturated carbocycles. The van der Waals surface area contributed by atoms with E-state index < -0.39 is 17.8 Å². The molecule has 0 atom stereocenters. The van der Waals surface area contributed by atoms with Crippen LogP contribution in [0.15, 0.2) is 0 Å². The quantitative estimate of drug-likeness (QED) is 0.581. The highest BCUT2D eigenvalue weighted by Gasteiger charge is 2.23. The molecule has 0 radical (unpaired) electrons. The van der Waals surface area contributed by atoms with Gasteiger partial charge in [0.25, 0.3) is 0 Å². The van der Waals surface area contributed by atoms with Crippen molar-refractivity contribution in [2.45, 2.75) is 26.4 Å². The van der Waals surface area contributed by atoms with Crippen LogP contribution in [-0.4, -0.2) is 36.8 Å². The van der Waals surface area contributed by atoms with Crippen LogP contribution in [-0.2, 0) is 9.47 Å². The second kappa shape index (κ2) is 4.11. The minimum Gasteiger partial charge on any atom is -0.452 e. The summed E-state index contributed by atoms with van der Waals surface area (Å²) in [5.41, 5.74) is -0.612. The van der Waals surface area contributed by atoms with Gasteiger partial charge < -0.3 is 9.47 Å². The Morgan fingerprint density at radius 1 is 1.15 bits per heavy atom. The van der Waals surface area contributed by atoms with Crippen molar-refractivity contribution in [1.82, 2.24) is 4.90 Å². The molecule has 0 aliphatic heterocycles. The Labute approximate surface area is 77.6 Å². The smallest absolute Gasteiger partial charge is 0.419 e. The zero-order chi connectivity index (χ0) is 10.6. The number of carbonyl (C=O) groups is 2. The Morgan fingerprint density at radius 3 is 1.92 bits per heavy atom. The number of methoxy groups -OCH3 is 1. The number of hydrogen-bond acceptors (Lipinski definition) is 4. The number of rotatable bonds is 0. The van der Waals surface area contributed by atoms with Gasteiger partial charge >= 0.3 is 12.2 Å². The Hall–Kier alpha value is -1.26. The number of amides is 2. The van der Waals surface area contributed by atoms with E-state index in [1.165, 1.54) is 14.2 Å². The van der Waals surface area contributed by atoms with Gasteiger partial charge in [0.2, 0.25) is 0 Å². The van der Waals surface area contributed by atoms with E-state index >= 15 is 0 Å². The van der Waals surface area contributed by atoms with Gasteiger partial charge in [0.1, 0.15) is 5.60 Å². The maximum absolute atomic E-state index is 11.2. The Balaban J connectivity index is 4.20. The lowest BCUT2D eigenvalue weighted by Crippen LogP contribution is -2.37. The summed E-state index contributed by atoms with van der Waals surface area (Å²) in [6, 6.07) is 0. The summed E-state index contributed by atoms with van der Waals surface area (Å²) in [7, 11) is 2.49. The molecule has 0 aromatic rings. The number of hydrogen-bond donors (Lipinski definition) is 0. The largest absolute Gasteiger partial charge is 0.452 e. The molecule has 5 nitrogen and oxygen atoms in total. The third kappa shape index (κ3) is 4.35. The van der Waals surface area contributed by atoms with E-state index in [1.807, 2.05) is 0 Å². The van der Waals surface area contributed by atoms with E-state index in [1.54, 1.807) is 20.8 Å². The minimum absolute atomic E-state index is 0.612. The van der Waals surface area contributed by atoms with Crippen LogP contribution in [0, 0.1) is 0 Å². The average molecular weight is 189 g/mol. The van der Waals surface area contributed by atoms with Crippen molar-refractivity contribution in [3.05, 3.63) is 0 Å². The monoisotopic (exact) mass is 189 g/mol. The summed E-state index contributed by atoms with van der Waals surface area (Å²) >= 11 is 0. The molecule has 0 heterocycles. The highest BCUT2D eigenvalue weighted by atomic mass is 16.6. The zero-order valence-electron chi connectivity index (χ0n) is 8.58. The predicted molar refractivity (Wildman–Crippen MR) is 46.4 cm³/mol.